The van der Waals surface area contributed by atoms with Crippen molar-refractivity contribution in [3.05, 3.63) is 28.8 Å². The van der Waals surface area contributed by atoms with Crippen LogP contribution in [0.4, 0.5) is 5.69 Å². The van der Waals surface area contributed by atoms with Gasteiger partial charge in [-0.25, -0.2) is 0 Å². The Kier molecular flexibility index (Phi) is 4.43. The van der Waals surface area contributed by atoms with E-state index in [1.807, 2.05) is 25.1 Å². The zero-order chi connectivity index (χ0) is 11.3. The summed E-state index contributed by atoms with van der Waals surface area (Å²) >= 11 is 6.00. The Balaban J connectivity index is 2.47. The van der Waals surface area contributed by atoms with Crippen molar-refractivity contribution in [2.45, 2.75) is 13.3 Å². The van der Waals surface area contributed by atoms with Crippen LogP contribution in [0.1, 0.15) is 12.0 Å². The first-order valence-corrected chi connectivity index (χ1v) is 5.08. The van der Waals surface area contributed by atoms with Gasteiger partial charge in [0.05, 0.1) is 24.2 Å². The van der Waals surface area contributed by atoms with Gasteiger partial charge in [-0.1, -0.05) is 17.7 Å². The highest BCUT2D eigenvalue weighted by atomic mass is 35.5. The van der Waals surface area contributed by atoms with Gasteiger partial charge >= 0.3 is 5.97 Å². The first-order valence-electron chi connectivity index (χ1n) is 4.70. The van der Waals surface area contributed by atoms with Crippen molar-refractivity contribution in [2.75, 3.05) is 19.0 Å². The quantitative estimate of drug-likeness (QED) is 0.804. The average Bonchev–Trinajstić information content (AvgIpc) is 2.21. The summed E-state index contributed by atoms with van der Waals surface area (Å²) in [4.78, 5) is 10.8. The molecule has 0 aliphatic carbocycles. The van der Waals surface area contributed by atoms with Crippen LogP contribution < -0.4 is 5.32 Å². The lowest BCUT2D eigenvalue weighted by Crippen LogP contribution is -2.09. The van der Waals surface area contributed by atoms with Gasteiger partial charge in [0.15, 0.2) is 0 Å². The third kappa shape index (κ3) is 3.80. The van der Waals surface area contributed by atoms with E-state index in [4.69, 9.17) is 11.6 Å². The van der Waals surface area contributed by atoms with Crippen LogP contribution in [0.2, 0.25) is 5.02 Å². The number of anilines is 1. The van der Waals surface area contributed by atoms with Crippen LogP contribution in [0.15, 0.2) is 18.2 Å². The van der Waals surface area contributed by atoms with Gasteiger partial charge in [0.1, 0.15) is 0 Å². The maximum Gasteiger partial charge on any atom is 0.307 e. The van der Waals surface area contributed by atoms with E-state index in [0.29, 0.717) is 18.0 Å². The van der Waals surface area contributed by atoms with Crippen LogP contribution in [-0.2, 0) is 9.53 Å². The molecule has 82 valence electrons. The van der Waals surface area contributed by atoms with Gasteiger partial charge in [-0.2, -0.15) is 0 Å². The SMILES string of the molecule is COC(=O)CCNc1ccc(C)cc1Cl. The number of nitrogens with one attached hydrogen (secondary N) is 1. The lowest BCUT2D eigenvalue weighted by molar-refractivity contribution is -0.140. The number of aryl methyl sites for hydroxylation is 1. The minimum absolute atomic E-state index is 0.231. The molecule has 0 aliphatic heterocycles. The molecule has 1 N–H and O–H groups in total. The maximum atomic E-state index is 10.8. The van der Waals surface area contributed by atoms with Gasteiger partial charge in [-0.15, -0.1) is 0 Å². The van der Waals surface area contributed by atoms with Gasteiger partial charge < -0.3 is 10.1 Å². The van der Waals surface area contributed by atoms with Crippen LogP contribution in [0.25, 0.3) is 0 Å². The van der Waals surface area contributed by atoms with Crippen molar-refractivity contribution in [2.24, 2.45) is 0 Å². The van der Waals surface area contributed by atoms with Crippen LogP contribution >= 0.6 is 11.6 Å². The molecule has 4 heteroatoms. The number of carbonyl (C=O) groups is 1. The van der Waals surface area contributed by atoms with Crippen molar-refractivity contribution < 1.29 is 9.53 Å². The van der Waals surface area contributed by atoms with Gasteiger partial charge in [0.25, 0.3) is 0 Å². The highest BCUT2D eigenvalue weighted by molar-refractivity contribution is 6.33. The molecule has 15 heavy (non-hydrogen) atoms. The number of benzene rings is 1. The van der Waals surface area contributed by atoms with Gasteiger partial charge in [-0.05, 0) is 24.6 Å². The van der Waals surface area contributed by atoms with Crippen molar-refractivity contribution in [1.29, 1.82) is 0 Å². The van der Waals surface area contributed by atoms with E-state index in [1.165, 1.54) is 7.11 Å². The molecule has 0 heterocycles. The van der Waals surface area contributed by atoms with Gasteiger partial charge in [-0.3, -0.25) is 4.79 Å². The van der Waals surface area contributed by atoms with E-state index in [2.05, 4.69) is 10.1 Å². The second-order valence-electron chi connectivity index (χ2n) is 3.24. The fraction of sp³-hybridized carbons (Fsp3) is 0.364. The number of ether oxygens (including phenoxy) is 1. The predicted molar refractivity (Wildman–Crippen MR) is 61.3 cm³/mol. The van der Waals surface area contributed by atoms with Crippen LogP contribution in [0, 0.1) is 6.92 Å². The molecule has 0 atom stereocenters. The molecule has 0 amide bonds. The van der Waals surface area contributed by atoms with E-state index < -0.39 is 0 Å². The maximum absolute atomic E-state index is 10.8. The summed E-state index contributed by atoms with van der Waals surface area (Å²) in [6, 6.07) is 5.74. The third-order valence-electron chi connectivity index (χ3n) is 2.00. The van der Waals surface area contributed by atoms with E-state index in [-0.39, 0.29) is 5.97 Å². The molecule has 1 aromatic carbocycles. The lowest BCUT2D eigenvalue weighted by Gasteiger charge is -2.07. The summed E-state index contributed by atoms with van der Waals surface area (Å²) in [6.07, 6.45) is 0.334. The van der Waals surface area contributed by atoms with E-state index >= 15 is 0 Å². The largest absolute Gasteiger partial charge is 0.469 e. The smallest absolute Gasteiger partial charge is 0.307 e. The minimum Gasteiger partial charge on any atom is -0.469 e. The molecule has 0 saturated carbocycles. The molecule has 0 saturated heterocycles. The molecule has 1 aromatic rings. The van der Waals surface area contributed by atoms with Crippen LogP contribution in [0.3, 0.4) is 0 Å². The fourth-order valence-corrected chi connectivity index (χ4v) is 1.47. The fourth-order valence-electron chi connectivity index (χ4n) is 1.16. The molecule has 0 bridgehead atoms. The van der Waals surface area contributed by atoms with Gasteiger partial charge in [0, 0.05) is 6.54 Å². The van der Waals surface area contributed by atoms with E-state index in [1.54, 1.807) is 0 Å². The zero-order valence-electron chi connectivity index (χ0n) is 8.84. The summed E-state index contributed by atoms with van der Waals surface area (Å²) in [7, 11) is 1.38. The van der Waals surface area contributed by atoms with Crippen LogP contribution in [0.5, 0.6) is 0 Å². The zero-order valence-corrected chi connectivity index (χ0v) is 9.60. The Hall–Kier alpha value is -1.22. The molecule has 0 fully saturated rings. The Morgan fingerprint density at radius 3 is 2.87 bits per heavy atom. The van der Waals surface area contributed by atoms with Crippen molar-refractivity contribution >= 4 is 23.3 Å². The highest BCUT2D eigenvalue weighted by Gasteiger charge is 2.02. The molecule has 0 aromatic heterocycles. The van der Waals surface area contributed by atoms with E-state index in [9.17, 15) is 4.79 Å². The molecule has 3 nitrogen and oxygen atoms in total. The summed E-state index contributed by atoms with van der Waals surface area (Å²) in [6.45, 7) is 2.50. The Bertz CT molecular complexity index is 352. The number of esters is 1. The molecule has 0 spiro atoms. The normalized spacial score (nSPS) is 9.80. The monoisotopic (exact) mass is 227 g/mol. The lowest BCUT2D eigenvalue weighted by atomic mass is 10.2. The molecular weight excluding hydrogens is 214 g/mol. The molecule has 0 radical (unpaired) electrons. The second-order valence-corrected chi connectivity index (χ2v) is 3.64. The van der Waals surface area contributed by atoms with E-state index in [0.717, 1.165) is 11.3 Å². The molecule has 0 unspecified atom stereocenters. The summed E-state index contributed by atoms with van der Waals surface area (Å²) in [5.41, 5.74) is 1.95. The molecule has 1 rings (SSSR count). The minimum atomic E-state index is -0.231. The highest BCUT2D eigenvalue weighted by Crippen LogP contribution is 2.22. The van der Waals surface area contributed by atoms with Crippen molar-refractivity contribution in [1.82, 2.24) is 0 Å². The summed E-state index contributed by atoms with van der Waals surface area (Å²) < 4.78 is 4.53. The third-order valence-corrected chi connectivity index (χ3v) is 2.31. The number of hydrogen-bond donors (Lipinski definition) is 1. The average molecular weight is 228 g/mol. The first-order chi connectivity index (χ1) is 7.13. The number of methoxy groups -OCH3 is 1. The number of hydrogen-bond acceptors (Lipinski definition) is 3. The molecular formula is C11H14ClNO2. The second kappa shape index (κ2) is 5.61. The predicted octanol–water partition coefficient (Wildman–Crippen LogP) is 2.62. The number of halogens is 1. The van der Waals surface area contributed by atoms with Crippen molar-refractivity contribution in [3.8, 4) is 0 Å². The Labute approximate surface area is 94.4 Å². The standard InChI is InChI=1S/C11H14ClNO2/c1-8-3-4-10(9(12)7-8)13-6-5-11(14)15-2/h3-4,7,13H,5-6H2,1-2H3. The van der Waals surface area contributed by atoms with Crippen LogP contribution in [-0.4, -0.2) is 19.6 Å². The number of carbonyl (C=O) groups excluding carboxylic acids is 1. The summed E-state index contributed by atoms with van der Waals surface area (Å²) in [5.74, 6) is -0.231. The Morgan fingerprint density at radius 1 is 1.53 bits per heavy atom. The topological polar surface area (TPSA) is 38.3 Å². The van der Waals surface area contributed by atoms with Gasteiger partial charge in [0.2, 0.25) is 0 Å². The van der Waals surface area contributed by atoms with Crippen molar-refractivity contribution in [3.63, 3.8) is 0 Å². The summed E-state index contributed by atoms with van der Waals surface area (Å²) in [5, 5.41) is 3.74. The Morgan fingerprint density at radius 2 is 2.27 bits per heavy atom. The number of rotatable bonds is 4. The first kappa shape index (κ1) is 11.9. The molecule has 0 aliphatic rings.